The van der Waals surface area contributed by atoms with Crippen LogP contribution in [0, 0.1) is 13.8 Å². The SMILES string of the molecule is Cc1cc(C(=O)NC2CCCCCCC2)c2c(C)nn(C)c2n1. The molecule has 2 aromatic rings. The molecule has 1 N–H and O–H groups in total. The fourth-order valence-corrected chi connectivity index (χ4v) is 3.61. The molecular formula is C18H26N4O. The van der Waals surface area contributed by atoms with E-state index in [2.05, 4.69) is 15.4 Å². The molecule has 5 heteroatoms. The van der Waals surface area contributed by atoms with Crippen LogP contribution in [0.4, 0.5) is 0 Å². The highest BCUT2D eigenvalue weighted by Gasteiger charge is 2.20. The first kappa shape index (κ1) is 16.0. The first-order chi connectivity index (χ1) is 11.1. The minimum absolute atomic E-state index is 0.0159. The Kier molecular flexibility index (Phi) is 4.64. The summed E-state index contributed by atoms with van der Waals surface area (Å²) in [5.41, 5.74) is 3.20. The Morgan fingerprint density at radius 2 is 1.83 bits per heavy atom. The van der Waals surface area contributed by atoms with Crippen LogP contribution in [-0.2, 0) is 7.05 Å². The van der Waals surface area contributed by atoms with Crippen LogP contribution < -0.4 is 5.32 Å². The maximum Gasteiger partial charge on any atom is 0.252 e. The molecule has 1 fully saturated rings. The van der Waals surface area contributed by atoms with E-state index in [1.165, 1.54) is 32.1 Å². The fourth-order valence-electron chi connectivity index (χ4n) is 3.61. The van der Waals surface area contributed by atoms with Gasteiger partial charge in [-0.2, -0.15) is 5.10 Å². The van der Waals surface area contributed by atoms with Gasteiger partial charge in [-0.25, -0.2) is 4.98 Å². The van der Waals surface area contributed by atoms with E-state index in [-0.39, 0.29) is 5.91 Å². The minimum Gasteiger partial charge on any atom is -0.349 e. The lowest BCUT2D eigenvalue weighted by Crippen LogP contribution is -2.35. The number of carbonyl (C=O) groups excluding carboxylic acids is 1. The normalized spacial score (nSPS) is 17.0. The monoisotopic (exact) mass is 314 g/mol. The zero-order valence-electron chi connectivity index (χ0n) is 14.4. The summed E-state index contributed by atoms with van der Waals surface area (Å²) < 4.78 is 1.75. The van der Waals surface area contributed by atoms with E-state index in [1.807, 2.05) is 27.0 Å². The topological polar surface area (TPSA) is 59.8 Å². The molecule has 0 aliphatic heterocycles. The van der Waals surface area contributed by atoms with Crippen molar-refractivity contribution in [3.05, 3.63) is 23.0 Å². The van der Waals surface area contributed by atoms with Crippen molar-refractivity contribution in [2.75, 3.05) is 0 Å². The van der Waals surface area contributed by atoms with Gasteiger partial charge < -0.3 is 5.32 Å². The largest absolute Gasteiger partial charge is 0.349 e. The van der Waals surface area contributed by atoms with Crippen molar-refractivity contribution < 1.29 is 4.79 Å². The predicted octanol–water partition coefficient (Wildman–Crippen LogP) is 3.43. The second-order valence-corrected chi connectivity index (χ2v) is 6.73. The number of pyridine rings is 1. The van der Waals surface area contributed by atoms with Crippen molar-refractivity contribution in [1.29, 1.82) is 0 Å². The highest BCUT2D eigenvalue weighted by Crippen LogP contribution is 2.23. The molecule has 23 heavy (non-hydrogen) atoms. The van der Waals surface area contributed by atoms with Crippen LogP contribution in [0.3, 0.4) is 0 Å². The molecule has 0 atom stereocenters. The number of carbonyl (C=O) groups is 1. The molecule has 1 aliphatic carbocycles. The van der Waals surface area contributed by atoms with Gasteiger partial charge in [-0.05, 0) is 32.8 Å². The van der Waals surface area contributed by atoms with Gasteiger partial charge >= 0.3 is 0 Å². The Morgan fingerprint density at radius 1 is 1.17 bits per heavy atom. The van der Waals surface area contributed by atoms with Crippen molar-refractivity contribution in [3.8, 4) is 0 Å². The van der Waals surface area contributed by atoms with Crippen LogP contribution in [0.25, 0.3) is 11.0 Å². The van der Waals surface area contributed by atoms with Crippen LogP contribution in [0.1, 0.15) is 66.7 Å². The van der Waals surface area contributed by atoms with E-state index in [0.29, 0.717) is 11.6 Å². The summed E-state index contributed by atoms with van der Waals surface area (Å²) in [7, 11) is 1.87. The third-order valence-electron chi connectivity index (χ3n) is 4.78. The lowest BCUT2D eigenvalue weighted by atomic mass is 9.96. The van der Waals surface area contributed by atoms with E-state index in [4.69, 9.17) is 0 Å². The first-order valence-electron chi connectivity index (χ1n) is 8.68. The number of aryl methyl sites for hydroxylation is 3. The van der Waals surface area contributed by atoms with Crippen molar-refractivity contribution in [2.24, 2.45) is 7.05 Å². The van der Waals surface area contributed by atoms with Crippen molar-refractivity contribution in [1.82, 2.24) is 20.1 Å². The van der Waals surface area contributed by atoms with Crippen LogP contribution in [0.2, 0.25) is 0 Å². The molecule has 0 radical (unpaired) electrons. The van der Waals surface area contributed by atoms with E-state index < -0.39 is 0 Å². The molecule has 1 amide bonds. The number of hydrogen-bond acceptors (Lipinski definition) is 3. The number of hydrogen-bond donors (Lipinski definition) is 1. The summed E-state index contributed by atoms with van der Waals surface area (Å²) >= 11 is 0. The number of aromatic nitrogens is 3. The van der Waals surface area contributed by atoms with E-state index >= 15 is 0 Å². The van der Waals surface area contributed by atoms with Crippen LogP contribution in [-0.4, -0.2) is 26.7 Å². The summed E-state index contributed by atoms with van der Waals surface area (Å²) in [5.74, 6) is 0.0159. The Balaban J connectivity index is 1.88. The maximum atomic E-state index is 12.9. The zero-order chi connectivity index (χ0) is 16.4. The molecule has 0 aromatic carbocycles. The Bertz CT molecular complexity index is 711. The Labute approximate surface area is 137 Å². The lowest BCUT2D eigenvalue weighted by Gasteiger charge is -2.21. The van der Waals surface area contributed by atoms with E-state index in [0.717, 1.165) is 35.3 Å². The number of nitrogens with one attached hydrogen (secondary N) is 1. The van der Waals surface area contributed by atoms with Crippen LogP contribution in [0.5, 0.6) is 0 Å². The van der Waals surface area contributed by atoms with Gasteiger partial charge in [0.15, 0.2) is 5.65 Å². The average Bonchev–Trinajstić information content (AvgIpc) is 2.75. The quantitative estimate of drug-likeness (QED) is 0.924. The van der Waals surface area contributed by atoms with E-state index in [9.17, 15) is 4.79 Å². The first-order valence-corrected chi connectivity index (χ1v) is 8.68. The Morgan fingerprint density at radius 3 is 2.52 bits per heavy atom. The smallest absolute Gasteiger partial charge is 0.252 e. The number of nitrogens with zero attached hydrogens (tertiary/aromatic N) is 3. The molecule has 3 rings (SSSR count). The Hall–Kier alpha value is -1.91. The van der Waals surface area contributed by atoms with Crippen molar-refractivity contribution in [2.45, 2.75) is 64.8 Å². The minimum atomic E-state index is 0.0159. The summed E-state index contributed by atoms with van der Waals surface area (Å²) in [4.78, 5) is 17.4. The third-order valence-corrected chi connectivity index (χ3v) is 4.78. The molecular weight excluding hydrogens is 288 g/mol. The number of rotatable bonds is 2. The van der Waals surface area contributed by atoms with Crippen molar-refractivity contribution >= 4 is 16.9 Å². The fraction of sp³-hybridized carbons (Fsp3) is 0.611. The highest BCUT2D eigenvalue weighted by atomic mass is 16.1. The maximum absolute atomic E-state index is 12.9. The van der Waals surface area contributed by atoms with Crippen LogP contribution >= 0.6 is 0 Å². The highest BCUT2D eigenvalue weighted by molar-refractivity contribution is 6.06. The molecule has 2 heterocycles. The van der Waals surface area contributed by atoms with Crippen LogP contribution in [0.15, 0.2) is 6.07 Å². The van der Waals surface area contributed by atoms with E-state index in [1.54, 1.807) is 4.68 Å². The van der Waals surface area contributed by atoms with Gasteiger partial charge in [0.05, 0.1) is 16.6 Å². The molecule has 5 nitrogen and oxygen atoms in total. The molecule has 124 valence electrons. The van der Waals surface area contributed by atoms with Gasteiger partial charge in [0.2, 0.25) is 0 Å². The zero-order valence-corrected chi connectivity index (χ0v) is 14.4. The predicted molar refractivity (Wildman–Crippen MR) is 91.6 cm³/mol. The summed E-state index contributed by atoms with van der Waals surface area (Å²) in [6.45, 7) is 3.86. The molecule has 1 saturated carbocycles. The van der Waals surface area contributed by atoms with Gasteiger partial charge in [-0.1, -0.05) is 32.1 Å². The summed E-state index contributed by atoms with van der Waals surface area (Å²) in [6, 6.07) is 2.18. The molecule has 2 aromatic heterocycles. The van der Waals surface area contributed by atoms with Gasteiger partial charge in [-0.15, -0.1) is 0 Å². The van der Waals surface area contributed by atoms with Gasteiger partial charge in [0.1, 0.15) is 0 Å². The van der Waals surface area contributed by atoms with Gasteiger partial charge in [-0.3, -0.25) is 9.48 Å². The average molecular weight is 314 g/mol. The van der Waals surface area contributed by atoms with Gasteiger partial charge in [0, 0.05) is 18.8 Å². The molecule has 0 bridgehead atoms. The summed E-state index contributed by atoms with van der Waals surface area (Å²) in [6.07, 6.45) is 8.50. The van der Waals surface area contributed by atoms with Crippen molar-refractivity contribution in [3.63, 3.8) is 0 Å². The number of fused-ring (bicyclic) bond motifs is 1. The van der Waals surface area contributed by atoms with Gasteiger partial charge in [0.25, 0.3) is 5.91 Å². The number of amides is 1. The second-order valence-electron chi connectivity index (χ2n) is 6.73. The molecule has 0 saturated heterocycles. The molecule has 1 aliphatic rings. The third kappa shape index (κ3) is 3.38. The summed E-state index contributed by atoms with van der Waals surface area (Å²) in [5, 5.41) is 8.55. The molecule has 0 unspecified atom stereocenters. The molecule has 0 spiro atoms. The second kappa shape index (κ2) is 6.69. The standard InChI is InChI=1S/C18H26N4O/c1-12-11-15(16-13(2)21-22(3)17(16)19-12)18(23)20-14-9-7-5-4-6-8-10-14/h11,14H,4-10H2,1-3H3,(H,20,23). The lowest BCUT2D eigenvalue weighted by molar-refractivity contribution is 0.0932.